The molecular formula is C22H27ClN2O2. The number of hydrogen-bond acceptors (Lipinski definition) is 2. The number of benzene rings is 2. The normalized spacial score (nSPS) is 10.7. The lowest BCUT2D eigenvalue weighted by Gasteiger charge is -2.21. The standard InChI is InChI=1S/C22H27ClN2O2/c1-16(2)19-6-10-21(11-7-19)25(17(3)26)15-13-22(27)24-14-12-18-4-8-20(23)9-5-18/h4-11,16H,12-15H2,1-3H3,(H,24,27). The Morgan fingerprint density at radius 2 is 1.67 bits per heavy atom. The fourth-order valence-electron chi connectivity index (χ4n) is 2.81. The Kier molecular flexibility index (Phi) is 7.86. The van der Waals surface area contributed by atoms with Crippen LogP contribution in [0, 0.1) is 0 Å². The second-order valence-corrected chi connectivity index (χ2v) is 7.33. The third-order valence-electron chi connectivity index (χ3n) is 4.46. The third kappa shape index (κ3) is 6.72. The second-order valence-electron chi connectivity index (χ2n) is 6.89. The zero-order valence-corrected chi connectivity index (χ0v) is 16.9. The van der Waals surface area contributed by atoms with Crippen molar-refractivity contribution in [1.82, 2.24) is 5.32 Å². The molecular weight excluding hydrogens is 360 g/mol. The molecule has 0 aliphatic rings. The summed E-state index contributed by atoms with van der Waals surface area (Å²) in [5, 5.41) is 3.61. The molecule has 0 saturated heterocycles. The van der Waals surface area contributed by atoms with Crippen LogP contribution in [0.5, 0.6) is 0 Å². The first-order chi connectivity index (χ1) is 12.9. The minimum atomic E-state index is -0.0683. The van der Waals surface area contributed by atoms with Gasteiger partial charge in [0.2, 0.25) is 11.8 Å². The molecule has 0 unspecified atom stereocenters. The molecule has 0 spiro atoms. The van der Waals surface area contributed by atoms with Gasteiger partial charge in [-0.2, -0.15) is 0 Å². The zero-order valence-electron chi connectivity index (χ0n) is 16.2. The molecule has 2 amide bonds. The summed E-state index contributed by atoms with van der Waals surface area (Å²) in [7, 11) is 0. The van der Waals surface area contributed by atoms with Crippen LogP contribution in [0.25, 0.3) is 0 Å². The van der Waals surface area contributed by atoms with Gasteiger partial charge < -0.3 is 10.2 Å². The van der Waals surface area contributed by atoms with E-state index in [9.17, 15) is 9.59 Å². The van der Waals surface area contributed by atoms with Gasteiger partial charge in [0.25, 0.3) is 0 Å². The quantitative estimate of drug-likeness (QED) is 0.722. The van der Waals surface area contributed by atoms with E-state index in [-0.39, 0.29) is 18.2 Å². The number of hydrogen-bond donors (Lipinski definition) is 1. The van der Waals surface area contributed by atoms with Crippen LogP contribution in [-0.4, -0.2) is 24.9 Å². The molecule has 1 N–H and O–H groups in total. The molecule has 4 nitrogen and oxygen atoms in total. The molecule has 5 heteroatoms. The van der Waals surface area contributed by atoms with Gasteiger partial charge in [-0.3, -0.25) is 9.59 Å². The Labute approximate surface area is 166 Å². The number of halogens is 1. The van der Waals surface area contributed by atoms with Crippen molar-refractivity contribution < 1.29 is 9.59 Å². The maximum atomic E-state index is 12.1. The van der Waals surface area contributed by atoms with Crippen molar-refractivity contribution in [3.63, 3.8) is 0 Å². The van der Waals surface area contributed by atoms with E-state index >= 15 is 0 Å². The zero-order chi connectivity index (χ0) is 19.8. The number of anilines is 1. The van der Waals surface area contributed by atoms with E-state index in [0.717, 1.165) is 17.7 Å². The molecule has 0 atom stereocenters. The number of nitrogens with zero attached hydrogens (tertiary/aromatic N) is 1. The largest absolute Gasteiger partial charge is 0.356 e. The highest BCUT2D eigenvalue weighted by molar-refractivity contribution is 6.30. The molecule has 2 aromatic rings. The van der Waals surface area contributed by atoms with Crippen LogP contribution >= 0.6 is 11.6 Å². The van der Waals surface area contributed by atoms with Crippen LogP contribution < -0.4 is 10.2 Å². The molecule has 0 saturated carbocycles. The van der Waals surface area contributed by atoms with Gasteiger partial charge in [-0.05, 0) is 47.7 Å². The Morgan fingerprint density at radius 1 is 1.04 bits per heavy atom. The highest BCUT2D eigenvalue weighted by Gasteiger charge is 2.13. The van der Waals surface area contributed by atoms with E-state index in [1.54, 1.807) is 4.90 Å². The summed E-state index contributed by atoms with van der Waals surface area (Å²) in [4.78, 5) is 25.7. The van der Waals surface area contributed by atoms with Gasteiger partial charge in [0, 0.05) is 37.1 Å². The van der Waals surface area contributed by atoms with E-state index in [4.69, 9.17) is 11.6 Å². The fourth-order valence-corrected chi connectivity index (χ4v) is 2.93. The highest BCUT2D eigenvalue weighted by atomic mass is 35.5. The van der Waals surface area contributed by atoms with Crippen molar-refractivity contribution in [2.24, 2.45) is 0 Å². The highest BCUT2D eigenvalue weighted by Crippen LogP contribution is 2.20. The number of carbonyl (C=O) groups excluding carboxylic acids is 2. The van der Waals surface area contributed by atoms with Crippen LogP contribution in [0.4, 0.5) is 5.69 Å². The van der Waals surface area contributed by atoms with Crippen molar-refractivity contribution in [3.8, 4) is 0 Å². The van der Waals surface area contributed by atoms with Gasteiger partial charge in [-0.25, -0.2) is 0 Å². The molecule has 0 aromatic heterocycles. The molecule has 27 heavy (non-hydrogen) atoms. The van der Waals surface area contributed by atoms with E-state index in [1.807, 2.05) is 48.5 Å². The molecule has 0 radical (unpaired) electrons. The topological polar surface area (TPSA) is 49.4 Å². The minimum absolute atomic E-state index is 0.0611. The lowest BCUT2D eigenvalue weighted by molar-refractivity contribution is -0.121. The average Bonchev–Trinajstić information content (AvgIpc) is 2.63. The fraction of sp³-hybridized carbons (Fsp3) is 0.364. The molecule has 0 aliphatic carbocycles. The summed E-state index contributed by atoms with van der Waals surface area (Å²) in [6, 6.07) is 15.5. The van der Waals surface area contributed by atoms with Gasteiger partial charge in [0.05, 0.1) is 0 Å². The summed E-state index contributed by atoms with van der Waals surface area (Å²) in [6.07, 6.45) is 1.02. The Hall–Kier alpha value is -2.33. The number of rotatable bonds is 8. The van der Waals surface area contributed by atoms with Crippen LogP contribution in [0.2, 0.25) is 5.02 Å². The summed E-state index contributed by atoms with van der Waals surface area (Å²) in [5.74, 6) is 0.312. The maximum Gasteiger partial charge on any atom is 0.223 e. The molecule has 0 fully saturated rings. The second kappa shape index (κ2) is 10.1. The molecule has 0 heterocycles. The van der Waals surface area contributed by atoms with Gasteiger partial charge >= 0.3 is 0 Å². The average molecular weight is 387 g/mol. The van der Waals surface area contributed by atoms with Gasteiger partial charge in [0.15, 0.2) is 0 Å². The van der Waals surface area contributed by atoms with Gasteiger partial charge in [-0.1, -0.05) is 49.7 Å². The number of carbonyl (C=O) groups is 2. The SMILES string of the molecule is CC(=O)N(CCC(=O)NCCc1ccc(Cl)cc1)c1ccc(C(C)C)cc1. The Bertz CT molecular complexity index is 755. The minimum Gasteiger partial charge on any atom is -0.356 e. The van der Waals surface area contributed by atoms with E-state index in [2.05, 4.69) is 19.2 Å². The number of nitrogens with one attached hydrogen (secondary N) is 1. The Morgan fingerprint density at radius 3 is 2.22 bits per heavy atom. The van der Waals surface area contributed by atoms with Crippen LogP contribution in [0.1, 0.15) is 44.2 Å². The van der Waals surface area contributed by atoms with Gasteiger partial charge in [-0.15, -0.1) is 0 Å². The van der Waals surface area contributed by atoms with Crippen molar-refractivity contribution in [2.75, 3.05) is 18.0 Å². The van der Waals surface area contributed by atoms with E-state index in [1.165, 1.54) is 12.5 Å². The van der Waals surface area contributed by atoms with Crippen molar-refractivity contribution in [1.29, 1.82) is 0 Å². The monoisotopic (exact) mass is 386 g/mol. The summed E-state index contributed by atoms with van der Waals surface area (Å²) < 4.78 is 0. The van der Waals surface area contributed by atoms with Crippen molar-refractivity contribution >= 4 is 29.1 Å². The van der Waals surface area contributed by atoms with Gasteiger partial charge in [0.1, 0.15) is 0 Å². The van der Waals surface area contributed by atoms with Crippen molar-refractivity contribution in [3.05, 3.63) is 64.7 Å². The molecule has 0 aliphatic heterocycles. The molecule has 0 bridgehead atoms. The predicted octanol–water partition coefficient (Wildman–Crippen LogP) is 4.57. The lowest BCUT2D eigenvalue weighted by atomic mass is 10.0. The van der Waals surface area contributed by atoms with Crippen LogP contribution in [0.3, 0.4) is 0 Å². The van der Waals surface area contributed by atoms with E-state index in [0.29, 0.717) is 24.0 Å². The maximum absolute atomic E-state index is 12.1. The first kappa shape index (κ1) is 21.0. The first-order valence-corrected chi connectivity index (χ1v) is 9.64. The van der Waals surface area contributed by atoms with Crippen molar-refractivity contribution in [2.45, 2.75) is 39.5 Å². The molecule has 2 rings (SSSR count). The summed E-state index contributed by atoms with van der Waals surface area (Å²) in [5.41, 5.74) is 3.17. The smallest absolute Gasteiger partial charge is 0.223 e. The first-order valence-electron chi connectivity index (χ1n) is 9.26. The van der Waals surface area contributed by atoms with E-state index < -0.39 is 0 Å². The van der Waals surface area contributed by atoms with Crippen LogP contribution in [-0.2, 0) is 16.0 Å². The Balaban J connectivity index is 1.83. The number of amides is 2. The van der Waals surface area contributed by atoms with Crippen LogP contribution in [0.15, 0.2) is 48.5 Å². The third-order valence-corrected chi connectivity index (χ3v) is 4.72. The summed E-state index contributed by atoms with van der Waals surface area (Å²) in [6.45, 7) is 6.71. The molecule has 2 aromatic carbocycles. The molecule has 144 valence electrons. The predicted molar refractivity (Wildman–Crippen MR) is 111 cm³/mol. The summed E-state index contributed by atoms with van der Waals surface area (Å²) >= 11 is 5.87. The lowest BCUT2D eigenvalue weighted by Crippen LogP contribution is -2.34.